The van der Waals surface area contributed by atoms with Crippen LogP contribution in [-0.4, -0.2) is 59.9 Å². The van der Waals surface area contributed by atoms with E-state index < -0.39 is 10.1 Å². The number of rotatable bonds is 2. The van der Waals surface area contributed by atoms with Gasteiger partial charge in [-0.25, -0.2) is 0 Å². The zero-order valence-corrected chi connectivity index (χ0v) is 10.4. The van der Waals surface area contributed by atoms with E-state index in [1.54, 1.807) is 0 Å². The summed E-state index contributed by atoms with van der Waals surface area (Å²) in [6.07, 6.45) is 2.22. The Bertz CT molecular complexity index is 241. The van der Waals surface area contributed by atoms with Crippen molar-refractivity contribution in [3.8, 4) is 0 Å². The third-order valence-corrected chi connectivity index (χ3v) is 6.50. The van der Waals surface area contributed by atoms with Gasteiger partial charge >= 0.3 is 0 Å². The van der Waals surface area contributed by atoms with Crippen LogP contribution in [0.5, 0.6) is 0 Å². The van der Waals surface area contributed by atoms with E-state index in [0.29, 0.717) is 6.04 Å². The minimum atomic E-state index is -1.98. The molecule has 90 valence electrons. The number of piperazine rings is 1. The van der Waals surface area contributed by atoms with Crippen molar-refractivity contribution < 1.29 is 4.21 Å². The Morgan fingerprint density at radius 1 is 1.27 bits per heavy atom. The molecule has 2 aliphatic rings. The Labute approximate surface area is 93.3 Å². The first kappa shape index (κ1) is 11.5. The molecule has 15 heavy (non-hydrogen) atoms. The quantitative estimate of drug-likeness (QED) is 0.548. The van der Waals surface area contributed by atoms with Gasteiger partial charge in [-0.3, -0.25) is 13.8 Å². The number of hydrogen-bond donors (Lipinski definition) is 3. The summed E-state index contributed by atoms with van der Waals surface area (Å²) in [5.41, 5.74) is 0. The molecule has 0 radical (unpaired) electrons. The zero-order chi connectivity index (χ0) is 10.7. The highest BCUT2D eigenvalue weighted by molar-refractivity contribution is 8.01. The van der Waals surface area contributed by atoms with Crippen molar-refractivity contribution in [1.82, 2.24) is 14.9 Å². The summed E-state index contributed by atoms with van der Waals surface area (Å²) in [5.74, 6) is 1.77. The molecule has 2 aliphatic heterocycles. The topological polar surface area (TPSA) is 44.4 Å². The molecule has 2 rings (SSSR count). The van der Waals surface area contributed by atoms with Gasteiger partial charge < -0.3 is 5.32 Å². The molecule has 0 aromatic rings. The summed E-state index contributed by atoms with van der Waals surface area (Å²) in [5, 5.41) is 3.37. The Hall–Kier alpha value is 0.0300. The SMILES string of the molecule is CN[SH]1(=O)CCC(N2CCNCC2)CC1. The van der Waals surface area contributed by atoms with E-state index in [1.807, 2.05) is 7.05 Å². The molecular formula is C10H23N3OS. The fourth-order valence-corrected chi connectivity index (χ4v) is 4.71. The smallest absolute Gasteiger partial charge is 0.0143 e. The van der Waals surface area contributed by atoms with Crippen LogP contribution in [0.3, 0.4) is 0 Å². The molecule has 0 atom stereocenters. The Kier molecular flexibility index (Phi) is 3.77. The van der Waals surface area contributed by atoms with Crippen molar-refractivity contribution in [2.45, 2.75) is 18.9 Å². The van der Waals surface area contributed by atoms with Crippen molar-refractivity contribution in [2.75, 3.05) is 44.7 Å². The van der Waals surface area contributed by atoms with E-state index in [-0.39, 0.29) is 0 Å². The lowest BCUT2D eigenvalue weighted by atomic mass is 10.1. The summed E-state index contributed by atoms with van der Waals surface area (Å²) < 4.78 is 15.1. The van der Waals surface area contributed by atoms with Crippen LogP contribution in [-0.2, 0) is 10.1 Å². The van der Waals surface area contributed by atoms with Gasteiger partial charge in [-0.05, 0) is 19.9 Å². The molecule has 2 saturated heterocycles. The highest BCUT2D eigenvalue weighted by Gasteiger charge is 2.28. The molecule has 5 heteroatoms. The fraction of sp³-hybridized carbons (Fsp3) is 1.00. The van der Waals surface area contributed by atoms with Gasteiger partial charge in [0.05, 0.1) is 0 Å². The fourth-order valence-electron chi connectivity index (χ4n) is 2.61. The van der Waals surface area contributed by atoms with Crippen molar-refractivity contribution in [2.24, 2.45) is 0 Å². The Morgan fingerprint density at radius 2 is 1.87 bits per heavy atom. The summed E-state index contributed by atoms with van der Waals surface area (Å²) >= 11 is 0. The van der Waals surface area contributed by atoms with Crippen molar-refractivity contribution in [3.63, 3.8) is 0 Å². The normalized spacial score (nSPS) is 34.9. The second-order valence-corrected chi connectivity index (χ2v) is 7.70. The molecule has 2 heterocycles. The van der Waals surface area contributed by atoms with Gasteiger partial charge in [-0.15, -0.1) is 0 Å². The first-order chi connectivity index (χ1) is 7.23. The second-order valence-electron chi connectivity index (χ2n) is 4.58. The van der Waals surface area contributed by atoms with Crippen LogP contribution in [0.25, 0.3) is 0 Å². The van der Waals surface area contributed by atoms with Crippen LogP contribution in [0, 0.1) is 0 Å². The van der Waals surface area contributed by atoms with Crippen LogP contribution in [0.15, 0.2) is 0 Å². The molecule has 0 aromatic carbocycles. The van der Waals surface area contributed by atoms with Crippen LogP contribution in [0.2, 0.25) is 0 Å². The second kappa shape index (κ2) is 4.91. The van der Waals surface area contributed by atoms with Crippen molar-refractivity contribution >= 4 is 10.1 Å². The average Bonchev–Trinajstić information content (AvgIpc) is 2.31. The first-order valence-corrected chi connectivity index (χ1v) is 8.03. The van der Waals surface area contributed by atoms with Gasteiger partial charge in [0.2, 0.25) is 0 Å². The monoisotopic (exact) mass is 233 g/mol. The predicted octanol–water partition coefficient (Wildman–Crippen LogP) is -0.795. The number of thiol groups is 1. The molecule has 0 saturated carbocycles. The minimum Gasteiger partial charge on any atom is -0.314 e. The largest absolute Gasteiger partial charge is 0.314 e. The van der Waals surface area contributed by atoms with Crippen LogP contribution in [0.1, 0.15) is 12.8 Å². The molecule has 0 unspecified atom stereocenters. The molecule has 0 amide bonds. The van der Waals surface area contributed by atoms with Gasteiger partial charge in [0, 0.05) is 43.7 Å². The maximum Gasteiger partial charge on any atom is 0.0143 e. The summed E-state index contributed by atoms with van der Waals surface area (Å²) in [7, 11) is -0.136. The summed E-state index contributed by atoms with van der Waals surface area (Å²) in [6.45, 7) is 4.55. The Balaban J connectivity index is 1.84. The molecule has 0 aromatic heterocycles. The number of hydrogen-bond acceptors (Lipinski definition) is 3. The molecule has 0 aliphatic carbocycles. The molecule has 0 spiro atoms. The minimum absolute atomic E-state index is 0.683. The lowest BCUT2D eigenvalue weighted by molar-refractivity contribution is 0.163. The lowest BCUT2D eigenvalue weighted by Crippen LogP contribution is -2.52. The number of nitrogens with zero attached hydrogens (tertiary/aromatic N) is 1. The Morgan fingerprint density at radius 3 is 2.40 bits per heavy atom. The maximum absolute atomic E-state index is 12.1. The summed E-state index contributed by atoms with van der Waals surface area (Å²) in [6, 6.07) is 0.683. The average molecular weight is 233 g/mol. The third-order valence-electron chi connectivity index (χ3n) is 3.72. The van der Waals surface area contributed by atoms with E-state index in [2.05, 4.69) is 14.9 Å². The van der Waals surface area contributed by atoms with Gasteiger partial charge in [0.25, 0.3) is 0 Å². The van der Waals surface area contributed by atoms with Gasteiger partial charge in [-0.1, -0.05) is 10.1 Å². The van der Waals surface area contributed by atoms with Crippen molar-refractivity contribution in [1.29, 1.82) is 0 Å². The highest BCUT2D eigenvalue weighted by atomic mass is 32.3. The van der Waals surface area contributed by atoms with E-state index in [0.717, 1.165) is 50.5 Å². The molecule has 2 N–H and O–H groups in total. The van der Waals surface area contributed by atoms with Gasteiger partial charge in [-0.2, -0.15) is 0 Å². The van der Waals surface area contributed by atoms with E-state index in [4.69, 9.17) is 0 Å². The van der Waals surface area contributed by atoms with Crippen LogP contribution >= 0.6 is 0 Å². The van der Waals surface area contributed by atoms with E-state index in [9.17, 15) is 4.21 Å². The van der Waals surface area contributed by atoms with Crippen LogP contribution < -0.4 is 10.0 Å². The molecule has 2 fully saturated rings. The zero-order valence-electron chi connectivity index (χ0n) is 9.54. The highest BCUT2D eigenvalue weighted by Crippen LogP contribution is 2.20. The van der Waals surface area contributed by atoms with Gasteiger partial charge in [0.15, 0.2) is 0 Å². The van der Waals surface area contributed by atoms with Crippen molar-refractivity contribution in [3.05, 3.63) is 0 Å². The third kappa shape index (κ3) is 2.78. The molecular weight excluding hydrogens is 210 g/mol. The first-order valence-electron chi connectivity index (χ1n) is 5.95. The molecule has 0 bridgehead atoms. The predicted molar refractivity (Wildman–Crippen MR) is 65.8 cm³/mol. The van der Waals surface area contributed by atoms with Gasteiger partial charge in [0.1, 0.15) is 0 Å². The molecule has 4 nitrogen and oxygen atoms in total. The lowest BCUT2D eigenvalue weighted by Gasteiger charge is -2.40. The standard InChI is InChI=1S/C10H23N3OS/c1-11-15(14)8-2-10(3-9-15)13-6-4-12-5-7-13/h10,12,15H,2-9H2,1H3,(H,11,14). The van der Waals surface area contributed by atoms with E-state index in [1.165, 1.54) is 0 Å². The van der Waals surface area contributed by atoms with E-state index >= 15 is 0 Å². The van der Waals surface area contributed by atoms with Crippen LogP contribution in [0.4, 0.5) is 0 Å². The maximum atomic E-state index is 12.1. The number of nitrogens with one attached hydrogen (secondary N) is 2. The summed E-state index contributed by atoms with van der Waals surface area (Å²) in [4.78, 5) is 2.57.